The van der Waals surface area contributed by atoms with E-state index in [1.807, 2.05) is 38.1 Å². The Hall–Kier alpha value is -1.83. The number of hydrogen-bond donors (Lipinski definition) is 2. The molecule has 1 atom stereocenters. The summed E-state index contributed by atoms with van der Waals surface area (Å²) in [4.78, 5) is 13.1. The van der Waals surface area contributed by atoms with Crippen molar-refractivity contribution in [2.75, 3.05) is 5.75 Å². The summed E-state index contributed by atoms with van der Waals surface area (Å²) in [5, 5.41) is 7.96. The average Bonchev–Trinajstić information content (AvgIpc) is 2.53. The zero-order chi connectivity index (χ0) is 17.7. The molecule has 0 aromatic heterocycles. The summed E-state index contributed by atoms with van der Waals surface area (Å²) in [5.41, 5.74) is 2.00. The Bertz CT molecular complexity index is 801. The van der Waals surface area contributed by atoms with Crippen LogP contribution in [0.2, 0.25) is 0 Å². The molecule has 1 unspecified atom stereocenters. The molecule has 0 aliphatic carbocycles. The number of hydrogen-bond acceptors (Lipinski definition) is 4. The summed E-state index contributed by atoms with van der Waals surface area (Å²) < 4.78 is 22.5. The van der Waals surface area contributed by atoms with Crippen LogP contribution in [0, 0.1) is 6.92 Å². The van der Waals surface area contributed by atoms with Crippen molar-refractivity contribution in [3.63, 3.8) is 0 Å². The molecule has 0 bridgehead atoms. The third-order valence-electron chi connectivity index (χ3n) is 3.48. The van der Waals surface area contributed by atoms with Crippen molar-refractivity contribution in [3.05, 3.63) is 59.7 Å². The standard InChI is InChI=1S/C17H20N2O3S2/c1-12-3-7-15(8-4-12)23-11-17(20)19-13(2)14-5-9-16(10-6-14)24(18,21)22/h3-10,13H,11H2,1-2H3,(H,19,20)(H2,18,21,22). The number of carbonyl (C=O) groups is 1. The minimum absolute atomic E-state index is 0.0553. The van der Waals surface area contributed by atoms with Crippen molar-refractivity contribution in [1.29, 1.82) is 0 Å². The quantitative estimate of drug-likeness (QED) is 0.771. The van der Waals surface area contributed by atoms with Gasteiger partial charge in [0, 0.05) is 4.90 Å². The van der Waals surface area contributed by atoms with Gasteiger partial charge in [0.15, 0.2) is 0 Å². The summed E-state index contributed by atoms with van der Waals surface area (Å²) in [6.07, 6.45) is 0. The number of thioether (sulfide) groups is 1. The van der Waals surface area contributed by atoms with Gasteiger partial charge in [0.05, 0.1) is 16.7 Å². The lowest BCUT2D eigenvalue weighted by atomic mass is 10.1. The van der Waals surface area contributed by atoms with Crippen LogP contribution in [0.25, 0.3) is 0 Å². The van der Waals surface area contributed by atoms with Crippen LogP contribution in [0.1, 0.15) is 24.1 Å². The molecule has 5 nitrogen and oxygen atoms in total. The molecular weight excluding hydrogens is 344 g/mol. The fourth-order valence-corrected chi connectivity index (χ4v) is 3.32. The molecule has 2 aromatic rings. The summed E-state index contributed by atoms with van der Waals surface area (Å²) in [6.45, 7) is 3.87. The van der Waals surface area contributed by atoms with E-state index in [1.165, 1.54) is 29.5 Å². The molecule has 0 saturated carbocycles. The van der Waals surface area contributed by atoms with Gasteiger partial charge in [-0.2, -0.15) is 0 Å². The highest BCUT2D eigenvalue weighted by Crippen LogP contribution is 2.19. The summed E-state index contributed by atoms with van der Waals surface area (Å²) in [5.74, 6) is 0.242. The summed E-state index contributed by atoms with van der Waals surface area (Å²) >= 11 is 1.47. The van der Waals surface area contributed by atoms with Gasteiger partial charge in [-0.15, -0.1) is 11.8 Å². The normalized spacial score (nSPS) is 12.6. The van der Waals surface area contributed by atoms with E-state index in [1.54, 1.807) is 12.1 Å². The van der Waals surface area contributed by atoms with E-state index < -0.39 is 10.0 Å². The second-order valence-electron chi connectivity index (χ2n) is 5.50. The molecule has 1 amide bonds. The number of carbonyl (C=O) groups excluding carboxylic acids is 1. The van der Waals surface area contributed by atoms with E-state index in [-0.39, 0.29) is 16.8 Å². The lowest BCUT2D eigenvalue weighted by Gasteiger charge is -2.14. The third-order valence-corrected chi connectivity index (χ3v) is 5.42. The molecule has 0 heterocycles. The Morgan fingerprint density at radius 2 is 1.71 bits per heavy atom. The number of aryl methyl sites for hydroxylation is 1. The molecule has 2 aromatic carbocycles. The number of nitrogens with two attached hydrogens (primary N) is 1. The maximum Gasteiger partial charge on any atom is 0.238 e. The van der Waals surface area contributed by atoms with Crippen LogP contribution in [-0.2, 0) is 14.8 Å². The molecule has 3 N–H and O–H groups in total. The van der Waals surface area contributed by atoms with Gasteiger partial charge in [0.25, 0.3) is 0 Å². The lowest BCUT2D eigenvalue weighted by molar-refractivity contribution is -0.119. The third kappa shape index (κ3) is 5.36. The van der Waals surface area contributed by atoms with E-state index in [2.05, 4.69) is 5.32 Å². The highest BCUT2D eigenvalue weighted by Gasteiger charge is 2.12. The average molecular weight is 364 g/mol. The molecule has 24 heavy (non-hydrogen) atoms. The SMILES string of the molecule is Cc1ccc(SCC(=O)NC(C)c2ccc(S(N)(=O)=O)cc2)cc1. The van der Waals surface area contributed by atoms with E-state index in [4.69, 9.17) is 5.14 Å². The van der Waals surface area contributed by atoms with Gasteiger partial charge >= 0.3 is 0 Å². The van der Waals surface area contributed by atoms with Gasteiger partial charge in [0.1, 0.15) is 0 Å². The van der Waals surface area contributed by atoms with Gasteiger partial charge in [-0.05, 0) is 43.7 Å². The first-order valence-corrected chi connectivity index (χ1v) is 9.90. The number of benzene rings is 2. The Kier molecular flexibility index (Phi) is 6.04. The van der Waals surface area contributed by atoms with Crippen LogP contribution in [-0.4, -0.2) is 20.1 Å². The second-order valence-corrected chi connectivity index (χ2v) is 8.12. The predicted molar refractivity (Wildman–Crippen MR) is 96.3 cm³/mol. The largest absolute Gasteiger partial charge is 0.349 e. The number of sulfonamides is 1. The van der Waals surface area contributed by atoms with Crippen molar-refractivity contribution in [1.82, 2.24) is 5.32 Å². The molecule has 7 heteroatoms. The predicted octanol–water partition coefficient (Wildman–Crippen LogP) is 2.61. The Morgan fingerprint density at radius 3 is 2.25 bits per heavy atom. The first-order chi connectivity index (χ1) is 11.3. The van der Waals surface area contributed by atoms with Crippen LogP contribution in [0.4, 0.5) is 0 Å². The van der Waals surface area contributed by atoms with Gasteiger partial charge in [-0.3, -0.25) is 4.79 Å². The van der Waals surface area contributed by atoms with Crippen LogP contribution >= 0.6 is 11.8 Å². The highest BCUT2D eigenvalue weighted by atomic mass is 32.2. The molecular formula is C17H20N2O3S2. The maximum absolute atomic E-state index is 12.0. The van der Waals surface area contributed by atoms with E-state index in [0.717, 1.165) is 10.5 Å². The van der Waals surface area contributed by atoms with Crippen molar-refractivity contribution in [2.24, 2.45) is 5.14 Å². The molecule has 128 valence electrons. The monoisotopic (exact) mass is 364 g/mol. The number of rotatable bonds is 6. The minimum Gasteiger partial charge on any atom is -0.349 e. The summed E-state index contributed by atoms with van der Waals surface area (Å²) in [6, 6.07) is 14.0. The Labute approximate surface area is 146 Å². The van der Waals surface area contributed by atoms with E-state index in [9.17, 15) is 13.2 Å². The van der Waals surface area contributed by atoms with Crippen molar-refractivity contribution in [2.45, 2.75) is 29.7 Å². The molecule has 0 saturated heterocycles. The molecule has 0 spiro atoms. The van der Waals surface area contributed by atoms with Crippen LogP contribution < -0.4 is 10.5 Å². The van der Waals surface area contributed by atoms with Crippen LogP contribution in [0.5, 0.6) is 0 Å². The maximum atomic E-state index is 12.0. The highest BCUT2D eigenvalue weighted by molar-refractivity contribution is 8.00. The molecule has 0 radical (unpaired) electrons. The number of nitrogens with one attached hydrogen (secondary N) is 1. The lowest BCUT2D eigenvalue weighted by Crippen LogP contribution is -2.28. The summed E-state index contributed by atoms with van der Waals surface area (Å²) in [7, 11) is -3.70. The van der Waals surface area contributed by atoms with Gasteiger partial charge in [-0.1, -0.05) is 29.8 Å². The van der Waals surface area contributed by atoms with Crippen molar-refractivity contribution >= 4 is 27.7 Å². The van der Waals surface area contributed by atoms with Crippen molar-refractivity contribution in [3.8, 4) is 0 Å². The Balaban J connectivity index is 1.90. The first-order valence-electron chi connectivity index (χ1n) is 7.37. The topological polar surface area (TPSA) is 89.3 Å². The molecule has 0 aliphatic rings. The first kappa shape index (κ1) is 18.5. The van der Waals surface area contributed by atoms with E-state index in [0.29, 0.717) is 5.75 Å². The Morgan fingerprint density at radius 1 is 1.12 bits per heavy atom. The fraction of sp³-hybridized carbons (Fsp3) is 0.235. The second kappa shape index (κ2) is 7.83. The number of amides is 1. The molecule has 0 fully saturated rings. The number of primary sulfonamides is 1. The van der Waals surface area contributed by atoms with Gasteiger partial charge in [-0.25, -0.2) is 13.6 Å². The molecule has 2 rings (SSSR count). The van der Waals surface area contributed by atoms with E-state index >= 15 is 0 Å². The van der Waals surface area contributed by atoms with Gasteiger partial charge < -0.3 is 5.32 Å². The minimum atomic E-state index is -3.70. The van der Waals surface area contributed by atoms with Crippen LogP contribution in [0.3, 0.4) is 0 Å². The van der Waals surface area contributed by atoms with Crippen LogP contribution in [0.15, 0.2) is 58.3 Å². The van der Waals surface area contributed by atoms with Crippen molar-refractivity contribution < 1.29 is 13.2 Å². The fourth-order valence-electron chi connectivity index (χ4n) is 2.10. The zero-order valence-electron chi connectivity index (χ0n) is 13.5. The zero-order valence-corrected chi connectivity index (χ0v) is 15.2. The smallest absolute Gasteiger partial charge is 0.238 e. The molecule has 0 aliphatic heterocycles. The van der Waals surface area contributed by atoms with Gasteiger partial charge in [0.2, 0.25) is 15.9 Å².